The van der Waals surface area contributed by atoms with Gasteiger partial charge in [0.05, 0.1) is 44.5 Å². The van der Waals surface area contributed by atoms with Crippen LogP contribution in [0.15, 0.2) is 40.9 Å². The number of anilines is 2. The lowest BCUT2D eigenvalue weighted by molar-refractivity contribution is -0.136. The van der Waals surface area contributed by atoms with Gasteiger partial charge in [-0.3, -0.25) is 14.4 Å². The Morgan fingerprint density at radius 2 is 1.89 bits per heavy atom. The smallest absolute Gasteiger partial charge is 0.417 e. The van der Waals surface area contributed by atoms with Gasteiger partial charge in [-0.1, -0.05) is 18.5 Å². The number of amides is 2. The fourth-order valence-corrected chi connectivity index (χ4v) is 8.01. The van der Waals surface area contributed by atoms with Gasteiger partial charge in [-0.2, -0.15) is 22.7 Å². The molecule has 15 nitrogen and oxygen atoms in total. The zero-order valence-corrected chi connectivity index (χ0v) is 30.7. The van der Waals surface area contributed by atoms with Gasteiger partial charge in [0, 0.05) is 38.2 Å². The molecule has 6 heterocycles. The lowest BCUT2D eigenvalue weighted by Crippen LogP contribution is -2.51. The van der Waals surface area contributed by atoms with Crippen molar-refractivity contribution in [2.45, 2.75) is 39.4 Å². The van der Waals surface area contributed by atoms with E-state index in [-0.39, 0.29) is 88.0 Å². The van der Waals surface area contributed by atoms with Gasteiger partial charge in [0.25, 0.3) is 11.5 Å². The Labute approximate surface area is 318 Å². The minimum Gasteiger partial charge on any atom is -0.504 e. The average molecular weight is 795 g/mol. The number of nitrogens with zero attached hydrogens (tertiary/aromatic N) is 9. The molecule has 0 aliphatic carbocycles. The summed E-state index contributed by atoms with van der Waals surface area (Å²) < 4.78 is 49.6. The van der Waals surface area contributed by atoms with E-state index in [4.69, 9.17) is 21.3 Å². The molecule has 2 aliphatic rings. The molecule has 2 amide bonds. The number of nitrogens with one attached hydrogen (secondary N) is 1. The number of rotatable bonds is 7. The Kier molecular flexibility index (Phi) is 9.07. The third-order valence-electron chi connectivity index (χ3n) is 9.63. The molecule has 0 unspecified atom stereocenters. The minimum atomic E-state index is -4.70. The van der Waals surface area contributed by atoms with Gasteiger partial charge in [-0.05, 0) is 43.2 Å². The summed E-state index contributed by atoms with van der Waals surface area (Å²) in [5.74, 6) is -0.422. The summed E-state index contributed by atoms with van der Waals surface area (Å²) in [6.45, 7) is 4.27. The molecule has 0 saturated carbocycles. The molecule has 1 saturated heterocycles. The van der Waals surface area contributed by atoms with Crippen LogP contribution in [0.2, 0.25) is 5.02 Å². The molecule has 1 fully saturated rings. The number of aromatic hydroxyl groups is 1. The molecule has 55 heavy (non-hydrogen) atoms. The number of aryl methyl sites for hydroxylation is 1. The molecule has 2 N–H and O–H groups in total. The fraction of sp³-hybridized carbons (Fsp3) is 0.314. The van der Waals surface area contributed by atoms with Crippen molar-refractivity contribution < 1.29 is 32.6 Å². The predicted octanol–water partition coefficient (Wildman–Crippen LogP) is 4.74. The molecule has 6 aromatic rings. The summed E-state index contributed by atoms with van der Waals surface area (Å²) >= 11 is 7.10. The molecule has 2 aliphatic heterocycles. The zero-order valence-electron chi connectivity index (χ0n) is 29.1. The first-order chi connectivity index (χ1) is 26.3. The maximum atomic E-state index is 14.4. The normalized spacial score (nSPS) is 14.4. The van der Waals surface area contributed by atoms with Crippen molar-refractivity contribution in [3.63, 3.8) is 0 Å². The van der Waals surface area contributed by atoms with Gasteiger partial charge in [0.1, 0.15) is 29.8 Å². The number of halogens is 4. The highest BCUT2D eigenvalue weighted by atomic mass is 35.5. The van der Waals surface area contributed by atoms with Crippen LogP contribution in [-0.4, -0.2) is 88.7 Å². The number of thiazole rings is 1. The number of piperazine rings is 1. The number of hydrogen-bond acceptors (Lipinski definition) is 12. The van der Waals surface area contributed by atoms with Gasteiger partial charge in [-0.25, -0.2) is 15.0 Å². The molecule has 0 atom stereocenters. The van der Waals surface area contributed by atoms with E-state index in [1.807, 2.05) is 24.0 Å². The molecule has 284 valence electrons. The van der Waals surface area contributed by atoms with Gasteiger partial charge < -0.3 is 29.5 Å². The van der Waals surface area contributed by atoms with Crippen LogP contribution in [0.5, 0.6) is 11.5 Å². The van der Waals surface area contributed by atoms with Crippen molar-refractivity contribution in [2.75, 3.05) is 43.0 Å². The molecule has 8 rings (SSSR count). The number of hydrogen-bond donors (Lipinski definition) is 2. The Balaban J connectivity index is 1.18. The topological polar surface area (TPSA) is 173 Å². The van der Waals surface area contributed by atoms with Crippen LogP contribution >= 0.6 is 22.9 Å². The number of ether oxygens (including phenoxy) is 1. The first-order valence-electron chi connectivity index (χ1n) is 17.1. The van der Waals surface area contributed by atoms with E-state index < -0.39 is 35.7 Å². The standard InChI is InChI=1S/C35H30ClF3N10O5S/c1-3-22-28(46-7-9-47(10-8-46)32(52)27-29(51)17(2)40-15-41-27)33(53)49-34(44-31(45-49)19-4-5-23-18(12-19)6-11-54-23)48(22)14-24(50)43-25-21(36)13-20(35(37,38)39)30-26(25)42-16-55-30/h4-5,12-13,15-16,51H,3,6-11,14H2,1-2H3,(H,43,50). The number of carbonyl (C=O) groups excluding carboxylic acids is 2. The number of alkyl halides is 3. The summed E-state index contributed by atoms with van der Waals surface area (Å²) in [6.07, 6.45) is -2.54. The van der Waals surface area contributed by atoms with E-state index >= 15 is 0 Å². The second-order valence-corrected chi connectivity index (χ2v) is 14.2. The summed E-state index contributed by atoms with van der Waals surface area (Å²) in [6, 6.07) is 6.23. The molecular formula is C35H30ClF3N10O5S. The van der Waals surface area contributed by atoms with Crippen LogP contribution in [-0.2, 0) is 30.4 Å². The Morgan fingerprint density at radius 3 is 2.64 bits per heavy atom. The summed E-state index contributed by atoms with van der Waals surface area (Å²) in [5.41, 5.74) is 1.99. The average Bonchev–Trinajstić information content (AvgIpc) is 3.94. The van der Waals surface area contributed by atoms with E-state index in [1.165, 1.54) is 16.7 Å². The van der Waals surface area contributed by atoms with Crippen LogP contribution in [0.4, 0.5) is 24.5 Å². The molecule has 0 bridgehead atoms. The summed E-state index contributed by atoms with van der Waals surface area (Å²) in [4.78, 5) is 61.6. The first-order valence-corrected chi connectivity index (χ1v) is 18.4. The lowest BCUT2D eigenvalue weighted by Gasteiger charge is -2.36. The number of carbonyl (C=O) groups is 2. The molecular weight excluding hydrogens is 765 g/mol. The summed E-state index contributed by atoms with van der Waals surface area (Å²) in [5, 5.41) is 17.3. The van der Waals surface area contributed by atoms with Crippen LogP contribution < -0.4 is 20.5 Å². The largest absolute Gasteiger partial charge is 0.504 e. The van der Waals surface area contributed by atoms with E-state index in [1.54, 1.807) is 17.6 Å². The maximum Gasteiger partial charge on any atom is 0.417 e. The van der Waals surface area contributed by atoms with Crippen molar-refractivity contribution in [3.8, 4) is 22.9 Å². The Bertz CT molecular complexity index is 2600. The lowest BCUT2D eigenvalue weighted by atomic mass is 10.1. The number of aromatic nitrogens is 7. The number of benzene rings is 2. The van der Waals surface area contributed by atoms with Crippen LogP contribution in [0, 0.1) is 6.92 Å². The highest BCUT2D eigenvalue weighted by Gasteiger charge is 2.36. The summed E-state index contributed by atoms with van der Waals surface area (Å²) in [7, 11) is 0. The molecule has 2 aromatic carbocycles. The van der Waals surface area contributed by atoms with Crippen molar-refractivity contribution >= 4 is 62.1 Å². The molecule has 20 heteroatoms. The quantitative estimate of drug-likeness (QED) is 0.229. The first kappa shape index (κ1) is 36.2. The maximum absolute atomic E-state index is 14.4. The van der Waals surface area contributed by atoms with Gasteiger partial charge >= 0.3 is 6.18 Å². The zero-order chi connectivity index (χ0) is 38.8. The van der Waals surface area contributed by atoms with E-state index in [0.29, 0.717) is 24.3 Å². The highest BCUT2D eigenvalue weighted by Crippen LogP contribution is 2.42. The second-order valence-electron chi connectivity index (χ2n) is 12.9. The van der Waals surface area contributed by atoms with Gasteiger partial charge in [-0.15, -0.1) is 16.4 Å². The van der Waals surface area contributed by atoms with E-state index in [2.05, 4.69) is 25.4 Å². The second kappa shape index (κ2) is 13.8. The molecule has 0 radical (unpaired) electrons. The van der Waals surface area contributed by atoms with Crippen molar-refractivity contribution in [1.29, 1.82) is 0 Å². The number of fused-ring (bicyclic) bond motifs is 3. The highest BCUT2D eigenvalue weighted by molar-refractivity contribution is 7.17. The van der Waals surface area contributed by atoms with Crippen molar-refractivity contribution in [3.05, 3.63) is 79.7 Å². The SMILES string of the molecule is CCc1c(N2CCN(C(=O)c3ncnc(C)c3O)CC2)c(=O)n2nc(-c3ccc4c(c3)CCO4)nc2n1CC(=O)Nc1c(Cl)cc(C(F)(F)F)c2scnc12. The van der Waals surface area contributed by atoms with Crippen LogP contribution in [0.25, 0.3) is 27.4 Å². The van der Waals surface area contributed by atoms with Crippen molar-refractivity contribution in [1.82, 2.24) is 39.0 Å². The monoisotopic (exact) mass is 794 g/mol. The van der Waals surface area contributed by atoms with Crippen LogP contribution in [0.3, 0.4) is 0 Å². The van der Waals surface area contributed by atoms with E-state index in [9.17, 15) is 32.7 Å². The third-order valence-corrected chi connectivity index (χ3v) is 10.8. The minimum absolute atomic E-state index is 0.0632. The molecule has 4 aromatic heterocycles. The Morgan fingerprint density at radius 1 is 1.11 bits per heavy atom. The third kappa shape index (κ3) is 6.35. The van der Waals surface area contributed by atoms with Gasteiger partial charge in [0.2, 0.25) is 11.7 Å². The van der Waals surface area contributed by atoms with E-state index in [0.717, 1.165) is 33.2 Å². The van der Waals surface area contributed by atoms with Gasteiger partial charge in [0.15, 0.2) is 17.3 Å². The van der Waals surface area contributed by atoms with Crippen molar-refractivity contribution in [2.24, 2.45) is 0 Å². The predicted molar refractivity (Wildman–Crippen MR) is 196 cm³/mol. The fourth-order valence-electron chi connectivity index (χ4n) is 6.93. The van der Waals surface area contributed by atoms with Crippen LogP contribution in [0.1, 0.15) is 39.9 Å². The molecule has 0 spiro atoms. The Hall–Kier alpha value is -5.82.